The van der Waals surface area contributed by atoms with Crippen LogP contribution in [0.15, 0.2) is 30.3 Å². The SMILES string of the molecule is O=C1CCC(NCCOc2ccccc2)C(=O)N1. The van der Waals surface area contributed by atoms with Gasteiger partial charge in [-0.1, -0.05) is 18.2 Å². The predicted molar refractivity (Wildman–Crippen MR) is 66.1 cm³/mol. The molecule has 1 aromatic rings. The van der Waals surface area contributed by atoms with E-state index in [-0.39, 0.29) is 17.9 Å². The molecule has 1 aliphatic rings. The summed E-state index contributed by atoms with van der Waals surface area (Å²) >= 11 is 0. The molecule has 0 radical (unpaired) electrons. The summed E-state index contributed by atoms with van der Waals surface area (Å²) in [6.07, 6.45) is 0.943. The summed E-state index contributed by atoms with van der Waals surface area (Å²) in [7, 11) is 0. The summed E-state index contributed by atoms with van der Waals surface area (Å²) in [4.78, 5) is 22.4. The molecule has 0 aromatic heterocycles. The predicted octanol–water partition coefficient (Wildman–Crippen LogP) is 0.460. The van der Waals surface area contributed by atoms with Crippen molar-refractivity contribution in [3.05, 3.63) is 30.3 Å². The number of benzene rings is 1. The molecule has 0 aliphatic carbocycles. The highest BCUT2D eigenvalue weighted by Crippen LogP contribution is 2.08. The normalized spacial score (nSPS) is 19.4. The zero-order valence-electron chi connectivity index (χ0n) is 10.0. The van der Waals surface area contributed by atoms with Gasteiger partial charge in [-0.2, -0.15) is 0 Å². The van der Waals surface area contributed by atoms with Crippen molar-refractivity contribution in [3.63, 3.8) is 0 Å². The van der Waals surface area contributed by atoms with Gasteiger partial charge in [0.1, 0.15) is 12.4 Å². The molecule has 2 amide bonds. The fraction of sp³-hybridized carbons (Fsp3) is 0.385. The van der Waals surface area contributed by atoms with Crippen molar-refractivity contribution in [1.29, 1.82) is 0 Å². The van der Waals surface area contributed by atoms with Crippen LogP contribution in [0.25, 0.3) is 0 Å². The maximum atomic E-state index is 11.4. The van der Waals surface area contributed by atoms with Gasteiger partial charge in [0.15, 0.2) is 0 Å². The third-order valence-electron chi connectivity index (χ3n) is 2.74. The number of amides is 2. The van der Waals surface area contributed by atoms with Crippen molar-refractivity contribution < 1.29 is 14.3 Å². The lowest BCUT2D eigenvalue weighted by Gasteiger charge is -2.21. The molecule has 1 aromatic carbocycles. The van der Waals surface area contributed by atoms with E-state index in [0.717, 1.165) is 5.75 Å². The Hall–Kier alpha value is -1.88. The van der Waals surface area contributed by atoms with Crippen molar-refractivity contribution in [3.8, 4) is 5.75 Å². The van der Waals surface area contributed by atoms with Gasteiger partial charge in [0.2, 0.25) is 11.8 Å². The zero-order valence-corrected chi connectivity index (χ0v) is 10.0. The number of imide groups is 1. The van der Waals surface area contributed by atoms with Crippen molar-refractivity contribution in [1.82, 2.24) is 10.6 Å². The van der Waals surface area contributed by atoms with Crippen LogP contribution in [0.5, 0.6) is 5.75 Å². The second-order valence-electron chi connectivity index (χ2n) is 4.12. The Labute approximate surface area is 106 Å². The minimum absolute atomic E-state index is 0.196. The van der Waals surface area contributed by atoms with Crippen LogP contribution in [-0.4, -0.2) is 31.0 Å². The first-order chi connectivity index (χ1) is 8.75. The van der Waals surface area contributed by atoms with Gasteiger partial charge >= 0.3 is 0 Å². The minimum Gasteiger partial charge on any atom is -0.492 e. The van der Waals surface area contributed by atoms with Crippen LogP contribution in [0, 0.1) is 0 Å². The van der Waals surface area contributed by atoms with Crippen LogP contribution in [-0.2, 0) is 9.59 Å². The standard InChI is InChI=1S/C13H16N2O3/c16-12-7-6-11(13(17)15-12)14-8-9-18-10-4-2-1-3-5-10/h1-5,11,14H,6-9H2,(H,15,16,17). The van der Waals surface area contributed by atoms with Crippen molar-refractivity contribution >= 4 is 11.8 Å². The summed E-state index contributed by atoms with van der Waals surface area (Å²) in [5.74, 6) is 0.368. The van der Waals surface area contributed by atoms with E-state index in [1.165, 1.54) is 0 Å². The monoisotopic (exact) mass is 248 g/mol. The molecule has 1 unspecified atom stereocenters. The quantitative estimate of drug-likeness (QED) is 0.587. The third-order valence-corrected chi connectivity index (χ3v) is 2.74. The molecule has 1 saturated heterocycles. The number of hydrogen-bond donors (Lipinski definition) is 2. The van der Waals surface area contributed by atoms with Gasteiger partial charge in [-0.15, -0.1) is 0 Å². The van der Waals surface area contributed by atoms with E-state index in [4.69, 9.17) is 4.74 Å². The van der Waals surface area contributed by atoms with Crippen LogP contribution in [0.4, 0.5) is 0 Å². The van der Waals surface area contributed by atoms with E-state index in [0.29, 0.717) is 26.0 Å². The van der Waals surface area contributed by atoms with Gasteiger partial charge in [0.25, 0.3) is 0 Å². The molecule has 0 bridgehead atoms. The van der Waals surface area contributed by atoms with Crippen LogP contribution in [0.3, 0.4) is 0 Å². The molecule has 1 fully saturated rings. The van der Waals surface area contributed by atoms with Crippen LogP contribution < -0.4 is 15.4 Å². The third kappa shape index (κ3) is 3.56. The summed E-state index contributed by atoms with van der Waals surface area (Å²) in [6.45, 7) is 1.06. The fourth-order valence-electron chi connectivity index (χ4n) is 1.81. The summed E-state index contributed by atoms with van der Waals surface area (Å²) in [6, 6.07) is 9.21. The molecule has 0 spiro atoms. The molecule has 1 aliphatic heterocycles. The van der Waals surface area contributed by atoms with Crippen molar-refractivity contribution in [2.75, 3.05) is 13.2 Å². The largest absolute Gasteiger partial charge is 0.492 e. The summed E-state index contributed by atoms with van der Waals surface area (Å²) in [5, 5.41) is 5.38. The maximum absolute atomic E-state index is 11.4. The number of para-hydroxylation sites is 1. The number of rotatable bonds is 5. The lowest BCUT2D eigenvalue weighted by molar-refractivity contribution is -0.134. The molecule has 96 valence electrons. The highest BCUT2D eigenvalue weighted by Gasteiger charge is 2.25. The molecule has 1 heterocycles. The maximum Gasteiger partial charge on any atom is 0.243 e. The Morgan fingerprint density at radius 2 is 2.06 bits per heavy atom. The van der Waals surface area contributed by atoms with Crippen molar-refractivity contribution in [2.45, 2.75) is 18.9 Å². The Bertz CT molecular complexity index is 420. The molecular formula is C13H16N2O3. The number of ether oxygens (including phenoxy) is 1. The average molecular weight is 248 g/mol. The van der Waals surface area contributed by atoms with Gasteiger partial charge in [0, 0.05) is 13.0 Å². The lowest BCUT2D eigenvalue weighted by atomic mass is 10.1. The minimum atomic E-state index is -0.290. The Morgan fingerprint density at radius 3 is 2.78 bits per heavy atom. The molecule has 2 N–H and O–H groups in total. The number of hydrogen-bond acceptors (Lipinski definition) is 4. The van der Waals surface area contributed by atoms with E-state index in [9.17, 15) is 9.59 Å². The van der Waals surface area contributed by atoms with Crippen LogP contribution in [0.1, 0.15) is 12.8 Å². The number of piperidine rings is 1. The van der Waals surface area contributed by atoms with Gasteiger partial charge in [0.05, 0.1) is 6.04 Å². The van der Waals surface area contributed by atoms with Crippen molar-refractivity contribution in [2.24, 2.45) is 0 Å². The fourth-order valence-corrected chi connectivity index (χ4v) is 1.81. The van der Waals surface area contributed by atoms with E-state index < -0.39 is 0 Å². The van der Waals surface area contributed by atoms with Gasteiger partial charge in [-0.3, -0.25) is 14.9 Å². The molecular weight excluding hydrogens is 232 g/mol. The average Bonchev–Trinajstić information content (AvgIpc) is 2.38. The summed E-state index contributed by atoms with van der Waals surface area (Å²) in [5.41, 5.74) is 0. The van der Waals surface area contributed by atoms with Crippen LogP contribution >= 0.6 is 0 Å². The Balaban J connectivity index is 1.67. The zero-order chi connectivity index (χ0) is 12.8. The lowest BCUT2D eigenvalue weighted by Crippen LogP contribution is -2.51. The molecule has 1 atom stereocenters. The van der Waals surface area contributed by atoms with Gasteiger partial charge in [-0.05, 0) is 18.6 Å². The first-order valence-corrected chi connectivity index (χ1v) is 6.00. The highest BCUT2D eigenvalue weighted by molar-refractivity contribution is 6.00. The highest BCUT2D eigenvalue weighted by atomic mass is 16.5. The Kier molecular flexibility index (Phi) is 4.30. The first-order valence-electron chi connectivity index (χ1n) is 6.00. The second kappa shape index (κ2) is 6.16. The second-order valence-corrected chi connectivity index (χ2v) is 4.12. The smallest absolute Gasteiger partial charge is 0.243 e. The van der Waals surface area contributed by atoms with E-state index in [1.807, 2.05) is 30.3 Å². The van der Waals surface area contributed by atoms with Gasteiger partial charge < -0.3 is 10.1 Å². The Morgan fingerprint density at radius 1 is 1.28 bits per heavy atom. The number of carbonyl (C=O) groups is 2. The molecule has 18 heavy (non-hydrogen) atoms. The van der Waals surface area contributed by atoms with E-state index in [1.54, 1.807) is 0 Å². The molecule has 0 saturated carbocycles. The molecule has 5 nitrogen and oxygen atoms in total. The molecule has 2 rings (SSSR count). The summed E-state index contributed by atoms with van der Waals surface area (Å²) < 4.78 is 5.49. The van der Waals surface area contributed by atoms with Gasteiger partial charge in [-0.25, -0.2) is 0 Å². The van der Waals surface area contributed by atoms with E-state index >= 15 is 0 Å². The number of nitrogens with one attached hydrogen (secondary N) is 2. The topological polar surface area (TPSA) is 67.4 Å². The van der Waals surface area contributed by atoms with E-state index in [2.05, 4.69) is 10.6 Å². The van der Waals surface area contributed by atoms with Crippen LogP contribution in [0.2, 0.25) is 0 Å². The molecule has 5 heteroatoms. The first kappa shape index (κ1) is 12.6. The number of carbonyl (C=O) groups excluding carboxylic acids is 2.